The zero-order valence-corrected chi connectivity index (χ0v) is 11.3. The Bertz CT molecular complexity index is 544. The highest BCUT2D eigenvalue weighted by Crippen LogP contribution is 2.21. The van der Waals surface area contributed by atoms with Gasteiger partial charge in [-0.3, -0.25) is 4.98 Å². The minimum absolute atomic E-state index is 0.235. The smallest absolute Gasteiger partial charge is 0.150 e. The van der Waals surface area contributed by atoms with Crippen molar-refractivity contribution in [1.82, 2.24) is 19.7 Å². The number of pyridine rings is 1. The van der Waals surface area contributed by atoms with Crippen molar-refractivity contribution in [3.05, 3.63) is 41.2 Å². The second kappa shape index (κ2) is 4.86. The lowest BCUT2D eigenvalue weighted by Crippen LogP contribution is -2.21. The van der Waals surface area contributed by atoms with Crippen molar-refractivity contribution < 1.29 is 0 Å². The molecule has 0 radical (unpaired) electrons. The molecule has 96 valence electrons. The summed E-state index contributed by atoms with van der Waals surface area (Å²) >= 11 is 0. The minimum atomic E-state index is -0.338. The van der Waals surface area contributed by atoms with Gasteiger partial charge in [-0.25, -0.2) is 9.67 Å². The molecule has 0 fully saturated rings. The van der Waals surface area contributed by atoms with Gasteiger partial charge in [-0.05, 0) is 38.8 Å². The number of hydrogen-bond acceptors (Lipinski definition) is 4. The Hall–Kier alpha value is -1.75. The van der Waals surface area contributed by atoms with Crippen LogP contribution >= 0.6 is 0 Å². The molecule has 1 atom stereocenters. The number of aryl methyl sites for hydroxylation is 2. The number of rotatable bonds is 3. The molecule has 0 aromatic carbocycles. The summed E-state index contributed by atoms with van der Waals surface area (Å²) in [5, 5.41) is 4.21. The SMILES string of the molecule is Cc1cnc(C(N)c2ncnn2C(C)C)c(C)c1. The molecule has 5 heteroatoms. The van der Waals surface area contributed by atoms with E-state index in [1.54, 1.807) is 6.33 Å². The summed E-state index contributed by atoms with van der Waals surface area (Å²) in [6.07, 6.45) is 3.37. The summed E-state index contributed by atoms with van der Waals surface area (Å²) in [4.78, 5) is 8.69. The van der Waals surface area contributed by atoms with Crippen LogP contribution in [0, 0.1) is 13.8 Å². The van der Waals surface area contributed by atoms with Gasteiger partial charge in [0.15, 0.2) is 0 Å². The fourth-order valence-electron chi connectivity index (χ4n) is 2.05. The summed E-state index contributed by atoms with van der Waals surface area (Å²) in [6, 6.07) is 1.98. The van der Waals surface area contributed by atoms with Gasteiger partial charge in [0, 0.05) is 12.2 Å². The Morgan fingerprint density at radius 2 is 1.94 bits per heavy atom. The van der Waals surface area contributed by atoms with E-state index in [1.165, 1.54) is 0 Å². The molecule has 2 aromatic rings. The Balaban J connectivity index is 2.41. The molecular weight excluding hydrogens is 226 g/mol. The third kappa shape index (κ3) is 2.26. The molecule has 0 saturated heterocycles. The Kier molecular flexibility index (Phi) is 3.43. The maximum atomic E-state index is 6.26. The van der Waals surface area contributed by atoms with Crippen molar-refractivity contribution in [2.45, 2.75) is 39.8 Å². The van der Waals surface area contributed by atoms with E-state index >= 15 is 0 Å². The lowest BCUT2D eigenvalue weighted by atomic mass is 10.1. The fourth-order valence-corrected chi connectivity index (χ4v) is 2.05. The molecule has 18 heavy (non-hydrogen) atoms. The summed E-state index contributed by atoms with van der Waals surface area (Å²) in [6.45, 7) is 8.15. The molecule has 0 aliphatic rings. The maximum absolute atomic E-state index is 6.26. The number of nitrogens with two attached hydrogens (primary N) is 1. The van der Waals surface area contributed by atoms with Gasteiger partial charge in [-0.2, -0.15) is 5.10 Å². The van der Waals surface area contributed by atoms with Crippen LogP contribution in [-0.4, -0.2) is 19.7 Å². The second-order valence-electron chi connectivity index (χ2n) is 4.85. The van der Waals surface area contributed by atoms with Crippen LogP contribution in [0.3, 0.4) is 0 Å². The Morgan fingerprint density at radius 1 is 1.22 bits per heavy atom. The highest BCUT2D eigenvalue weighted by Gasteiger charge is 2.20. The Morgan fingerprint density at radius 3 is 2.56 bits per heavy atom. The summed E-state index contributed by atoms with van der Waals surface area (Å²) in [5.74, 6) is 0.754. The van der Waals surface area contributed by atoms with E-state index in [0.717, 1.165) is 22.6 Å². The molecule has 0 saturated carbocycles. The van der Waals surface area contributed by atoms with E-state index in [1.807, 2.05) is 24.7 Å². The van der Waals surface area contributed by atoms with E-state index in [-0.39, 0.29) is 12.1 Å². The molecule has 0 spiro atoms. The molecule has 0 aliphatic carbocycles. The van der Waals surface area contributed by atoms with Crippen LogP contribution in [0.5, 0.6) is 0 Å². The highest BCUT2D eigenvalue weighted by atomic mass is 15.4. The van der Waals surface area contributed by atoms with Crippen LogP contribution in [0.15, 0.2) is 18.6 Å². The summed E-state index contributed by atoms with van der Waals surface area (Å²) < 4.78 is 1.84. The largest absolute Gasteiger partial charge is 0.316 e. The monoisotopic (exact) mass is 245 g/mol. The van der Waals surface area contributed by atoms with Crippen LogP contribution in [-0.2, 0) is 0 Å². The molecule has 2 aromatic heterocycles. The molecule has 0 bridgehead atoms. The Labute approximate surface area is 107 Å². The molecule has 1 unspecified atom stereocenters. The summed E-state index contributed by atoms with van der Waals surface area (Å²) in [7, 11) is 0. The number of nitrogens with zero attached hydrogens (tertiary/aromatic N) is 4. The normalized spacial score (nSPS) is 13.0. The van der Waals surface area contributed by atoms with Crippen molar-refractivity contribution in [1.29, 1.82) is 0 Å². The van der Waals surface area contributed by atoms with Gasteiger partial charge < -0.3 is 5.73 Å². The first kappa shape index (κ1) is 12.7. The average Bonchev–Trinajstić information content (AvgIpc) is 2.77. The van der Waals surface area contributed by atoms with Gasteiger partial charge in [0.1, 0.15) is 18.2 Å². The molecule has 2 heterocycles. The van der Waals surface area contributed by atoms with Crippen molar-refractivity contribution in [2.75, 3.05) is 0 Å². The lowest BCUT2D eigenvalue weighted by Gasteiger charge is -2.16. The maximum Gasteiger partial charge on any atom is 0.150 e. The minimum Gasteiger partial charge on any atom is -0.316 e. The van der Waals surface area contributed by atoms with Crippen LogP contribution < -0.4 is 5.73 Å². The van der Waals surface area contributed by atoms with Crippen LogP contribution in [0.1, 0.15) is 48.6 Å². The van der Waals surface area contributed by atoms with Gasteiger partial charge in [0.05, 0.1) is 5.69 Å². The zero-order chi connectivity index (χ0) is 13.3. The van der Waals surface area contributed by atoms with Crippen LogP contribution in [0.2, 0.25) is 0 Å². The van der Waals surface area contributed by atoms with Gasteiger partial charge in [-0.15, -0.1) is 0 Å². The molecule has 5 nitrogen and oxygen atoms in total. The summed E-state index contributed by atoms with van der Waals surface area (Å²) in [5.41, 5.74) is 9.34. The highest BCUT2D eigenvalue weighted by molar-refractivity contribution is 5.28. The van der Waals surface area contributed by atoms with E-state index < -0.39 is 0 Å². The topological polar surface area (TPSA) is 69.6 Å². The fraction of sp³-hybridized carbons (Fsp3) is 0.462. The zero-order valence-electron chi connectivity index (χ0n) is 11.3. The predicted octanol–water partition coefficient (Wildman–Crippen LogP) is 1.92. The quantitative estimate of drug-likeness (QED) is 0.897. The van der Waals surface area contributed by atoms with E-state index in [4.69, 9.17) is 5.73 Å². The van der Waals surface area contributed by atoms with E-state index in [9.17, 15) is 0 Å². The molecule has 2 rings (SSSR count). The molecule has 2 N–H and O–H groups in total. The first-order valence-electron chi connectivity index (χ1n) is 6.09. The predicted molar refractivity (Wildman–Crippen MR) is 70.1 cm³/mol. The van der Waals surface area contributed by atoms with Crippen LogP contribution in [0.25, 0.3) is 0 Å². The van der Waals surface area contributed by atoms with Crippen LogP contribution in [0.4, 0.5) is 0 Å². The standard InChI is InChI=1S/C13H19N5/c1-8(2)18-13(16-7-17-18)11(14)12-10(4)5-9(3)6-15-12/h5-8,11H,14H2,1-4H3. The van der Waals surface area contributed by atoms with Crippen molar-refractivity contribution >= 4 is 0 Å². The van der Waals surface area contributed by atoms with Gasteiger partial charge in [0.25, 0.3) is 0 Å². The first-order valence-corrected chi connectivity index (χ1v) is 6.09. The second-order valence-corrected chi connectivity index (χ2v) is 4.85. The van der Waals surface area contributed by atoms with E-state index in [2.05, 4.69) is 35.0 Å². The van der Waals surface area contributed by atoms with Gasteiger partial charge in [0.2, 0.25) is 0 Å². The van der Waals surface area contributed by atoms with Gasteiger partial charge >= 0.3 is 0 Å². The van der Waals surface area contributed by atoms with Crippen molar-refractivity contribution in [3.8, 4) is 0 Å². The molecule has 0 aliphatic heterocycles. The third-order valence-electron chi connectivity index (χ3n) is 2.92. The van der Waals surface area contributed by atoms with E-state index in [0.29, 0.717) is 0 Å². The lowest BCUT2D eigenvalue weighted by molar-refractivity contribution is 0.491. The van der Waals surface area contributed by atoms with Gasteiger partial charge in [-0.1, -0.05) is 6.07 Å². The number of hydrogen-bond donors (Lipinski definition) is 1. The number of aromatic nitrogens is 4. The van der Waals surface area contributed by atoms with Crippen molar-refractivity contribution in [2.24, 2.45) is 5.73 Å². The first-order chi connectivity index (χ1) is 8.50. The van der Waals surface area contributed by atoms with Crippen molar-refractivity contribution in [3.63, 3.8) is 0 Å². The average molecular weight is 245 g/mol. The molecule has 0 amide bonds. The third-order valence-corrected chi connectivity index (χ3v) is 2.92. The molecular formula is C13H19N5.